The van der Waals surface area contributed by atoms with Gasteiger partial charge in [0.25, 0.3) is 0 Å². The van der Waals surface area contributed by atoms with Crippen LogP contribution in [-0.2, 0) is 0 Å². The van der Waals surface area contributed by atoms with E-state index in [-0.39, 0.29) is 12.0 Å². The van der Waals surface area contributed by atoms with Crippen molar-refractivity contribution in [3.63, 3.8) is 0 Å². The zero-order valence-electron chi connectivity index (χ0n) is 12.9. The van der Waals surface area contributed by atoms with Gasteiger partial charge >= 0.3 is 0 Å². The molecule has 2 nitrogen and oxygen atoms in total. The van der Waals surface area contributed by atoms with Crippen LogP contribution in [0.4, 0.5) is 0 Å². The molecule has 0 aliphatic carbocycles. The van der Waals surface area contributed by atoms with Crippen LogP contribution >= 0.6 is 0 Å². The predicted octanol–water partition coefficient (Wildman–Crippen LogP) is 3.57. The number of benzene rings is 2. The molecule has 2 aromatic rings. The van der Waals surface area contributed by atoms with Crippen LogP contribution in [-0.4, -0.2) is 23.8 Å². The summed E-state index contributed by atoms with van der Waals surface area (Å²) < 4.78 is 0. The fraction of sp³-hybridized carbons (Fsp3) is 0.368. The summed E-state index contributed by atoms with van der Waals surface area (Å²) in [6, 6.07) is 21.2. The van der Waals surface area contributed by atoms with Crippen LogP contribution in [0.3, 0.4) is 0 Å². The monoisotopic (exact) mass is 283 g/mol. The SMILES string of the molecule is CC(C)NC[C@@H](O)CC(c1ccccc1)c1ccccc1. The van der Waals surface area contributed by atoms with E-state index in [9.17, 15) is 5.11 Å². The first-order valence-electron chi connectivity index (χ1n) is 7.68. The first kappa shape index (κ1) is 15.7. The van der Waals surface area contributed by atoms with Crippen LogP contribution in [0.2, 0.25) is 0 Å². The van der Waals surface area contributed by atoms with Crippen molar-refractivity contribution in [1.82, 2.24) is 5.32 Å². The van der Waals surface area contributed by atoms with Crippen LogP contribution in [0, 0.1) is 0 Å². The molecule has 0 unspecified atom stereocenters. The molecule has 1 atom stereocenters. The molecule has 2 rings (SSSR count). The van der Waals surface area contributed by atoms with Gasteiger partial charge in [-0.2, -0.15) is 0 Å². The molecule has 0 fully saturated rings. The van der Waals surface area contributed by atoms with Gasteiger partial charge in [-0.05, 0) is 17.5 Å². The van der Waals surface area contributed by atoms with E-state index >= 15 is 0 Å². The van der Waals surface area contributed by atoms with E-state index in [1.54, 1.807) is 0 Å². The summed E-state index contributed by atoms with van der Waals surface area (Å²) in [4.78, 5) is 0. The van der Waals surface area contributed by atoms with E-state index in [0.29, 0.717) is 12.6 Å². The van der Waals surface area contributed by atoms with Gasteiger partial charge in [0, 0.05) is 18.5 Å². The Kier molecular flexibility index (Phi) is 5.97. The molecule has 0 saturated carbocycles. The van der Waals surface area contributed by atoms with Gasteiger partial charge in [-0.1, -0.05) is 74.5 Å². The van der Waals surface area contributed by atoms with Gasteiger partial charge in [0.05, 0.1) is 6.10 Å². The third-order valence-corrected chi connectivity index (χ3v) is 3.67. The van der Waals surface area contributed by atoms with Crippen molar-refractivity contribution >= 4 is 0 Å². The summed E-state index contributed by atoms with van der Waals surface area (Å²) in [5.74, 6) is 0.233. The minimum atomic E-state index is -0.349. The fourth-order valence-corrected chi connectivity index (χ4v) is 2.56. The molecule has 0 aliphatic heterocycles. The van der Waals surface area contributed by atoms with Crippen molar-refractivity contribution in [1.29, 1.82) is 0 Å². The second-order valence-corrected chi connectivity index (χ2v) is 5.83. The molecule has 2 N–H and O–H groups in total. The highest BCUT2D eigenvalue weighted by Gasteiger charge is 2.18. The number of rotatable bonds is 7. The summed E-state index contributed by atoms with van der Waals surface area (Å²) >= 11 is 0. The van der Waals surface area contributed by atoms with Gasteiger partial charge in [0.2, 0.25) is 0 Å². The van der Waals surface area contributed by atoms with Crippen LogP contribution in [0.1, 0.15) is 37.3 Å². The Hall–Kier alpha value is -1.64. The number of hydrogen-bond acceptors (Lipinski definition) is 2. The van der Waals surface area contributed by atoms with E-state index in [1.165, 1.54) is 11.1 Å². The van der Waals surface area contributed by atoms with E-state index in [0.717, 1.165) is 6.42 Å². The highest BCUT2D eigenvalue weighted by Crippen LogP contribution is 2.28. The largest absolute Gasteiger partial charge is 0.392 e. The molecule has 112 valence electrons. The van der Waals surface area contributed by atoms with Crippen LogP contribution in [0.5, 0.6) is 0 Å². The number of nitrogens with one attached hydrogen (secondary N) is 1. The Morgan fingerprint density at radius 2 is 1.33 bits per heavy atom. The summed E-state index contributed by atoms with van der Waals surface area (Å²) in [7, 11) is 0. The summed E-state index contributed by atoms with van der Waals surface area (Å²) in [5, 5.41) is 13.6. The average molecular weight is 283 g/mol. The summed E-state index contributed by atoms with van der Waals surface area (Å²) in [6.07, 6.45) is 0.381. The Morgan fingerprint density at radius 1 is 0.857 bits per heavy atom. The standard InChI is InChI=1S/C19H25NO/c1-15(2)20-14-18(21)13-19(16-9-5-3-6-10-16)17-11-7-4-8-12-17/h3-12,15,18-21H,13-14H2,1-2H3/t18-/m0/s1. The molecule has 0 aliphatic rings. The lowest BCUT2D eigenvalue weighted by molar-refractivity contribution is 0.154. The molecular weight excluding hydrogens is 258 g/mol. The van der Waals surface area contributed by atoms with E-state index in [2.05, 4.69) is 67.7 Å². The molecule has 0 amide bonds. The molecule has 0 bridgehead atoms. The smallest absolute Gasteiger partial charge is 0.0673 e. The fourth-order valence-electron chi connectivity index (χ4n) is 2.56. The van der Waals surface area contributed by atoms with E-state index < -0.39 is 0 Å². The molecular formula is C19H25NO. The first-order chi connectivity index (χ1) is 10.2. The van der Waals surface area contributed by atoms with E-state index in [1.807, 2.05) is 12.1 Å². The number of hydrogen-bond donors (Lipinski definition) is 2. The van der Waals surface area contributed by atoms with Crippen molar-refractivity contribution in [2.24, 2.45) is 0 Å². The van der Waals surface area contributed by atoms with Gasteiger partial charge in [0.1, 0.15) is 0 Å². The molecule has 0 spiro atoms. The molecule has 2 aromatic carbocycles. The molecule has 0 aromatic heterocycles. The lowest BCUT2D eigenvalue weighted by Gasteiger charge is -2.22. The van der Waals surface area contributed by atoms with Gasteiger partial charge in [-0.25, -0.2) is 0 Å². The topological polar surface area (TPSA) is 32.3 Å². The first-order valence-corrected chi connectivity index (χ1v) is 7.68. The zero-order chi connectivity index (χ0) is 15.1. The van der Waals surface area contributed by atoms with Crippen molar-refractivity contribution < 1.29 is 5.11 Å². The van der Waals surface area contributed by atoms with Crippen LogP contribution in [0.15, 0.2) is 60.7 Å². The Labute approximate surface area is 127 Å². The van der Waals surface area contributed by atoms with Gasteiger partial charge < -0.3 is 10.4 Å². The third-order valence-electron chi connectivity index (χ3n) is 3.67. The minimum absolute atomic E-state index is 0.233. The van der Waals surface area contributed by atoms with Crippen LogP contribution in [0.25, 0.3) is 0 Å². The van der Waals surface area contributed by atoms with Crippen molar-refractivity contribution in [2.75, 3.05) is 6.54 Å². The third kappa shape index (κ3) is 5.00. The number of aliphatic hydroxyl groups excluding tert-OH is 1. The summed E-state index contributed by atoms with van der Waals surface area (Å²) in [5.41, 5.74) is 2.51. The maximum absolute atomic E-state index is 10.3. The minimum Gasteiger partial charge on any atom is -0.392 e. The zero-order valence-corrected chi connectivity index (χ0v) is 12.9. The molecule has 2 heteroatoms. The normalized spacial score (nSPS) is 12.8. The van der Waals surface area contributed by atoms with Crippen LogP contribution < -0.4 is 5.32 Å². The lowest BCUT2D eigenvalue weighted by atomic mass is 9.86. The quantitative estimate of drug-likeness (QED) is 0.814. The van der Waals surface area contributed by atoms with Crippen molar-refractivity contribution in [2.45, 2.75) is 38.3 Å². The molecule has 21 heavy (non-hydrogen) atoms. The Morgan fingerprint density at radius 3 is 1.76 bits per heavy atom. The van der Waals surface area contributed by atoms with Crippen molar-refractivity contribution in [3.05, 3.63) is 71.8 Å². The highest BCUT2D eigenvalue weighted by atomic mass is 16.3. The van der Waals surface area contributed by atoms with Gasteiger partial charge in [-0.3, -0.25) is 0 Å². The van der Waals surface area contributed by atoms with Crippen molar-refractivity contribution in [3.8, 4) is 0 Å². The maximum Gasteiger partial charge on any atom is 0.0673 e. The summed E-state index contributed by atoms with van der Waals surface area (Å²) in [6.45, 7) is 4.82. The average Bonchev–Trinajstić information content (AvgIpc) is 2.52. The molecule has 0 radical (unpaired) electrons. The predicted molar refractivity (Wildman–Crippen MR) is 88.5 cm³/mol. The van der Waals surface area contributed by atoms with Gasteiger partial charge in [-0.15, -0.1) is 0 Å². The Balaban J connectivity index is 2.13. The molecule has 0 heterocycles. The maximum atomic E-state index is 10.3. The Bertz CT molecular complexity index is 470. The highest BCUT2D eigenvalue weighted by molar-refractivity contribution is 5.32. The molecule has 0 saturated heterocycles. The second-order valence-electron chi connectivity index (χ2n) is 5.83. The second kappa shape index (κ2) is 7.96. The van der Waals surface area contributed by atoms with E-state index in [4.69, 9.17) is 0 Å². The lowest BCUT2D eigenvalue weighted by Crippen LogP contribution is -2.32. The van der Waals surface area contributed by atoms with Gasteiger partial charge in [0.15, 0.2) is 0 Å². The number of aliphatic hydroxyl groups is 1.